The summed E-state index contributed by atoms with van der Waals surface area (Å²) < 4.78 is 15.3. The van der Waals surface area contributed by atoms with Crippen LogP contribution in [0.2, 0.25) is 0 Å². The molecule has 0 saturated carbocycles. The molecule has 6 aromatic carbocycles. The topological polar surface area (TPSA) is 52.6 Å². The number of allylic oxidation sites excluding steroid dienone is 4. The molecule has 4 nitrogen and oxygen atoms in total. The zero-order valence-electron chi connectivity index (χ0n) is 25.1. The Balaban J connectivity index is 1.38. The summed E-state index contributed by atoms with van der Waals surface area (Å²) in [6, 6.07) is 40.9. The van der Waals surface area contributed by atoms with Crippen LogP contribution in [0.4, 0.5) is 0 Å². The van der Waals surface area contributed by atoms with Gasteiger partial charge in [-0.1, -0.05) is 0 Å². The molecule has 8 rings (SSSR count). The summed E-state index contributed by atoms with van der Waals surface area (Å²) in [6.45, 7) is 0. The fraction of sp³-hybridized carbons (Fsp3) is 0.0488. The Morgan fingerprint density at radius 2 is 1.15 bits per heavy atom. The summed E-state index contributed by atoms with van der Waals surface area (Å²) in [7, 11) is 0. The van der Waals surface area contributed by atoms with Crippen LogP contribution in [0.1, 0.15) is 38.3 Å². The number of benzene rings is 6. The summed E-state index contributed by atoms with van der Waals surface area (Å²) in [5.41, 5.74) is 5.13. The third-order valence-electron chi connectivity index (χ3n) is 9.45. The Morgan fingerprint density at radius 1 is 0.609 bits per heavy atom. The zero-order chi connectivity index (χ0) is 31.3. The Bertz CT molecular complexity index is 2270. The molecular formula is C41H30O4Ti. The average molecular weight is 635 g/mol. The molecule has 0 bridgehead atoms. The molecule has 0 N–H and O–H groups in total. The fourth-order valence-electron chi connectivity index (χ4n) is 7.20. The van der Waals surface area contributed by atoms with Crippen LogP contribution < -0.4 is 3.87 Å². The quantitative estimate of drug-likeness (QED) is 0.172. The minimum atomic E-state index is -5.81. The molecule has 46 heavy (non-hydrogen) atoms. The minimum absolute atomic E-state index is 0.404. The first-order chi connectivity index (χ1) is 22.4. The van der Waals surface area contributed by atoms with Gasteiger partial charge in [-0.25, -0.2) is 0 Å². The molecule has 0 fully saturated rings. The molecule has 0 saturated heterocycles. The van der Waals surface area contributed by atoms with E-state index in [0.717, 1.165) is 42.1 Å². The maximum absolute atomic E-state index is 14.6. The van der Waals surface area contributed by atoms with Crippen LogP contribution in [0.15, 0.2) is 149 Å². The van der Waals surface area contributed by atoms with E-state index >= 15 is 0 Å². The van der Waals surface area contributed by atoms with E-state index in [1.54, 1.807) is 12.1 Å². The summed E-state index contributed by atoms with van der Waals surface area (Å²) in [5.74, 6) is -1.12. The van der Waals surface area contributed by atoms with Crippen molar-refractivity contribution < 1.29 is 31.8 Å². The van der Waals surface area contributed by atoms with Crippen molar-refractivity contribution in [3.8, 4) is 11.1 Å². The van der Waals surface area contributed by atoms with Gasteiger partial charge in [0, 0.05) is 0 Å². The van der Waals surface area contributed by atoms with Gasteiger partial charge in [-0.15, -0.1) is 0 Å². The molecule has 0 radical (unpaired) electrons. The van der Waals surface area contributed by atoms with Crippen LogP contribution in [0.25, 0.3) is 32.7 Å². The van der Waals surface area contributed by atoms with Gasteiger partial charge in [0.05, 0.1) is 0 Å². The van der Waals surface area contributed by atoms with Crippen LogP contribution in [0, 0.1) is 0 Å². The number of carbonyl (C=O) groups is 2. The van der Waals surface area contributed by atoms with Gasteiger partial charge in [0.25, 0.3) is 0 Å². The second-order valence-electron chi connectivity index (χ2n) is 12.1. The van der Waals surface area contributed by atoms with Gasteiger partial charge in [0.2, 0.25) is 0 Å². The summed E-state index contributed by atoms with van der Waals surface area (Å²) in [5, 5.41) is 3.36. The molecule has 2 aliphatic rings. The molecule has 0 heterocycles. The van der Waals surface area contributed by atoms with Crippen molar-refractivity contribution in [2.24, 2.45) is 0 Å². The van der Waals surface area contributed by atoms with Crippen molar-refractivity contribution >= 4 is 42.2 Å². The molecule has 0 spiro atoms. The Labute approximate surface area is 268 Å². The fourth-order valence-corrected chi connectivity index (χ4v) is 13.6. The predicted octanol–water partition coefficient (Wildman–Crippen LogP) is 8.70. The zero-order valence-corrected chi connectivity index (χ0v) is 26.7. The van der Waals surface area contributed by atoms with Crippen molar-refractivity contribution in [3.05, 3.63) is 172 Å². The Hall–Kier alpha value is -5.16. The van der Waals surface area contributed by atoms with E-state index in [-0.39, 0.29) is 0 Å². The first-order valence-electron chi connectivity index (χ1n) is 15.5. The van der Waals surface area contributed by atoms with E-state index in [2.05, 4.69) is 18.2 Å². The van der Waals surface area contributed by atoms with E-state index in [4.69, 9.17) is 11.5 Å². The van der Waals surface area contributed by atoms with Gasteiger partial charge < -0.3 is 0 Å². The van der Waals surface area contributed by atoms with E-state index in [9.17, 15) is 9.59 Å². The molecule has 0 aromatic heterocycles. The summed E-state index contributed by atoms with van der Waals surface area (Å²) in [6.07, 6.45) is 6.94. The van der Waals surface area contributed by atoms with E-state index in [1.807, 2.05) is 115 Å². The normalized spacial score (nSPS) is 13.7. The monoisotopic (exact) mass is 634 g/mol. The molecule has 5 heteroatoms. The number of hydrogen-bond acceptors (Lipinski definition) is 4. The SMILES string of the molecule is [CH2]=[Ti]([O]C(=O)c1cccc2ccccc12)([O]C(=O)c1cccc2ccccc12)([C]1=CC=CC1)[c]1cccc2c1Cc1ccccc1-2. The first-order valence-corrected chi connectivity index (χ1v) is 19.4. The van der Waals surface area contributed by atoms with Crippen molar-refractivity contribution in [1.82, 2.24) is 0 Å². The maximum atomic E-state index is 14.6. The third-order valence-corrected chi connectivity index (χ3v) is 16.4. The van der Waals surface area contributed by atoms with Crippen molar-refractivity contribution in [2.45, 2.75) is 12.8 Å². The summed E-state index contributed by atoms with van der Waals surface area (Å²) >= 11 is -5.81. The van der Waals surface area contributed by atoms with Crippen LogP contribution in [0.3, 0.4) is 0 Å². The average Bonchev–Trinajstić information content (AvgIpc) is 3.77. The summed E-state index contributed by atoms with van der Waals surface area (Å²) in [4.78, 5) is 34.1. The second-order valence-corrected chi connectivity index (χ2v) is 18.5. The molecule has 0 aliphatic heterocycles. The van der Waals surface area contributed by atoms with E-state index in [1.165, 1.54) is 5.56 Å². The molecule has 2 aliphatic carbocycles. The Morgan fingerprint density at radius 3 is 1.78 bits per heavy atom. The standard InChI is InChI=1S/C13H9.2C11H8O2.C5H5.CH2.Ti/c1-3-7-12-10(5-1)9-11-6-2-4-8-13(11)12;2*12-11(13)10-7-3-5-8-4-1-2-6-9(8)10;1-2-4-5-3-1;;/h1-5,7-8H,9H2;2*1-7H,(H,12,13);1-3H,4H2;1H2;/q;;;;;+2/p-2. The van der Waals surface area contributed by atoms with Crippen LogP contribution in [-0.2, 0) is 28.7 Å². The van der Waals surface area contributed by atoms with Gasteiger partial charge >= 0.3 is 270 Å². The number of carbonyl (C=O) groups excluding carboxylic acids is 2. The molecular weight excluding hydrogens is 604 g/mol. The second kappa shape index (κ2) is 10.7. The number of fused-ring (bicyclic) bond motifs is 5. The van der Waals surface area contributed by atoms with Crippen molar-refractivity contribution in [3.63, 3.8) is 0 Å². The predicted molar refractivity (Wildman–Crippen MR) is 182 cm³/mol. The van der Waals surface area contributed by atoms with Crippen molar-refractivity contribution in [1.29, 1.82) is 0 Å². The van der Waals surface area contributed by atoms with Gasteiger partial charge in [-0.05, 0) is 0 Å². The van der Waals surface area contributed by atoms with Crippen LogP contribution in [0.5, 0.6) is 0 Å². The van der Waals surface area contributed by atoms with Gasteiger partial charge in [-0.3, -0.25) is 0 Å². The third kappa shape index (κ3) is 4.37. The molecule has 0 atom stereocenters. The van der Waals surface area contributed by atoms with Crippen molar-refractivity contribution in [2.75, 3.05) is 0 Å². The van der Waals surface area contributed by atoms with Gasteiger partial charge in [0.15, 0.2) is 0 Å². The molecule has 0 amide bonds. The molecule has 6 aromatic rings. The molecule has 0 unspecified atom stereocenters. The van der Waals surface area contributed by atoms with E-state index in [0.29, 0.717) is 27.8 Å². The van der Waals surface area contributed by atoms with Crippen LogP contribution >= 0.6 is 0 Å². The number of hydrogen-bond donors (Lipinski definition) is 0. The molecule has 222 valence electrons. The Kier molecular flexibility index (Phi) is 6.61. The van der Waals surface area contributed by atoms with Gasteiger partial charge in [-0.2, -0.15) is 0 Å². The van der Waals surface area contributed by atoms with E-state index < -0.39 is 27.6 Å². The number of rotatable bonds is 6. The van der Waals surface area contributed by atoms with Crippen LogP contribution in [-0.4, -0.2) is 16.8 Å². The van der Waals surface area contributed by atoms with Gasteiger partial charge in [0.1, 0.15) is 0 Å². The first kappa shape index (κ1) is 28.3.